The van der Waals surface area contributed by atoms with E-state index in [9.17, 15) is 13.6 Å². The Morgan fingerprint density at radius 3 is 2.70 bits per heavy atom. The molecule has 0 spiro atoms. The second-order valence-electron chi connectivity index (χ2n) is 6.91. The Hall–Kier alpha value is -2.54. The number of alkyl halides is 2. The largest absolute Gasteiger partial charge is 0.417 e. The number of benzene rings is 1. The maximum atomic E-state index is 12.5. The van der Waals surface area contributed by atoms with Gasteiger partial charge in [-0.05, 0) is 24.0 Å². The summed E-state index contributed by atoms with van der Waals surface area (Å²) >= 11 is 0. The highest BCUT2D eigenvalue weighted by molar-refractivity contribution is 5.83. The van der Waals surface area contributed by atoms with Crippen molar-refractivity contribution >= 4 is 5.91 Å². The molecule has 1 saturated heterocycles. The Kier molecular flexibility index (Phi) is 4.78. The highest BCUT2D eigenvalue weighted by atomic mass is 19.3. The minimum atomic E-state index is -2.93. The van der Waals surface area contributed by atoms with E-state index < -0.39 is 12.2 Å². The lowest BCUT2D eigenvalue weighted by atomic mass is 9.90. The van der Waals surface area contributed by atoms with Crippen molar-refractivity contribution in [2.75, 3.05) is 13.2 Å². The topological polar surface area (TPSA) is 60.5 Å². The summed E-state index contributed by atoms with van der Waals surface area (Å²) < 4.78 is 34.9. The Labute approximate surface area is 155 Å². The average molecular weight is 374 g/mol. The molecule has 142 valence electrons. The van der Waals surface area contributed by atoms with E-state index in [1.807, 2.05) is 30.3 Å². The molecule has 1 aromatic carbocycles. The van der Waals surface area contributed by atoms with Crippen LogP contribution in [0.5, 0.6) is 5.88 Å². The van der Waals surface area contributed by atoms with E-state index in [0.717, 1.165) is 6.42 Å². The van der Waals surface area contributed by atoms with Gasteiger partial charge in [0.2, 0.25) is 11.8 Å². The third-order valence-electron chi connectivity index (χ3n) is 5.19. The lowest BCUT2D eigenvalue weighted by Crippen LogP contribution is -2.50. The Balaban J connectivity index is 1.39. The summed E-state index contributed by atoms with van der Waals surface area (Å²) in [6.45, 7) is -2.14. The van der Waals surface area contributed by atoms with Crippen LogP contribution in [0.15, 0.2) is 48.5 Å². The highest BCUT2D eigenvalue weighted by Gasteiger charge is 2.46. The number of nitrogens with zero attached hydrogens (tertiary/aromatic N) is 1. The predicted octanol–water partition coefficient (Wildman–Crippen LogP) is 3.22. The van der Waals surface area contributed by atoms with Gasteiger partial charge in [-0.25, -0.2) is 4.98 Å². The zero-order valence-corrected chi connectivity index (χ0v) is 14.6. The van der Waals surface area contributed by atoms with Crippen LogP contribution in [0.2, 0.25) is 0 Å². The highest BCUT2D eigenvalue weighted by Crippen LogP contribution is 2.47. The third kappa shape index (κ3) is 3.78. The molecule has 1 aliphatic carbocycles. The first-order valence-electron chi connectivity index (χ1n) is 8.96. The van der Waals surface area contributed by atoms with E-state index in [1.165, 1.54) is 11.6 Å². The van der Waals surface area contributed by atoms with E-state index in [2.05, 4.69) is 15.0 Å². The number of hydrogen-bond acceptors (Lipinski definition) is 4. The summed E-state index contributed by atoms with van der Waals surface area (Å²) in [6.07, 6.45) is 1.49. The SMILES string of the molecule is O=C(NCC1(c2cccc(OC(F)F)n2)CCO1)[C@H]1C[C@@H]1c1ccccc1. The minimum Gasteiger partial charge on any atom is -0.417 e. The van der Waals surface area contributed by atoms with Crippen molar-refractivity contribution in [1.82, 2.24) is 10.3 Å². The molecule has 1 unspecified atom stereocenters. The molecule has 27 heavy (non-hydrogen) atoms. The number of pyridine rings is 1. The maximum absolute atomic E-state index is 12.5. The fourth-order valence-electron chi connectivity index (χ4n) is 3.52. The number of carbonyl (C=O) groups is 1. The van der Waals surface area contributed by atoms with Crippen LogP contribution >= 0.6 is 0 Å². The van der Waals surface area contributed by atoms with E-state index in [0.29, 0.717) is 18.7 Å². The first kappa shape index (κ1) is 17.9. The second kappa shape index (κ2) is 7.23. The molecule has 4 rings (SSSR count). The van der Waals surface area contributed by atoms with Crippen molar-refractivity contribution in [2.24, 2.45) is 5.92 Å². The lowest BCUT2D eigenvalue weighted by Gasteiger charge is -2.41. The van der Waals surface area contributed by atoms with Gasteiger partial charge in [-0.1, -0.05) is 36.4 Å². The summed E-state index contributed by atoms with van der Waals surface area (Å²) in [7, 11) is 0. The van der Waals surface area contributed by atoms with Crippen LogP contribution < -0.4 is 10.1 Å². The fourth-order valence-corrected chi connectivity index (χ4v) is 3.52. The van der Waals surface area contributed by atoms with Gasteiger partial charge < -0.3 is 14.8 Å². The van der Waals surface area contributed by atoms with Crippen LogP contribution in [0, 0.1) is 5.92 Å². The van der Waals surface area contributed by atoms with Gasteiger partial charge >= 0.3 is 6.61 Å². The number of amides is 1. The number of halogens is 2. The van der Waals surface area contributed by atoms with Crippen LogP contribution in [-0.4, -0.2) is 30.7 Å². The molecule has 1 N–H and O–H groups in total. The molecule has 1 aromatic heterocycles. The summed E-state index contributed by atoms with van der Waals surface area (Å²) in [5.74, 6) is 0.0464. The summed E-state index contributed by atoms with van der Waals surface area (Å²) in [4.78, 5) is 16.6. The quantitative estimate of drug-likeness (QED) is 0.808. The molecule has 2 aromatic rings. The number of ether oxygens (including phenoxy) is 2. The van der Waals surface area contributed by atoms with Crippen LogP contribution in [0.4, 0.5) is 8.78 Å². The van der Waals surface area contributed by atoms with Gasteiger partial charge in [-0.3, -0.25) is 4.79 Å². The summed E-state index contributed by atoms with van der Waals surface area (Å²) in [5, 5.41) is 2.95. The Bertz CT molecular complexity index is 812. The first-order chi connectivity index (χ1) is 13.1. The molecule has 3 atom stereocenters. The van der Waals surface area contributed by atoms with Crippen molar-refractivity contribution in [3.63, 3.8) is 0 Å². The van der Waals surface area contributed by atoms with Crippen molar-refractivity contribution in [2.45, 2.75) is 31.0 Å². The molecular formula is C20H20F2N2O3. The Morgan fingerprint density at radius 2 is 2.04 bits per heavy atom. The lowest BCUT2D eigenvalue weighted by molar-refractivity contribution is -0.158. The average Bonchev–Trinajstić information content (AvgIpc) is 3.42. The zero-order chi connectivity index (χ0) is 18.9. The molecule has 2 fully saturated rings. The molecule has 1 aliphatic heterocycles. The van der Waals surface area contributed by atoms with Crippen LogP contribution in [0.25, 0.3) is 0 Å². The zero-order valence-electron chi connectivity index (χ0n) is 14.6. The van der Waals surface area contributed by atoms with Crippen LogP contribution in [0.3, 0.4) is 0 Å². The number of nitrogens with one attached hydrogen (secondary N) is 1. The standard InChI is InChI=1S/C20H20F2N2O3/c21-19(22)27-17-8-4-7-16(24-17)20(9-10-26-20)12-23-18(25)15-11-14(15)13-5-2-1-3-6-13/h1-8,14-15,19H,9-12H2,(H,23,25)/t14-,15+,20?/m1/s1. The van der Waals surface area contributed by atoms with Gasteiger partial charge in [-0.15, -0.1) is 0 Å². The number of aromatic nitrogens is 1. The third-order valence-corrected chi connectivity index (χ3v) is 5.19. The molecule has 1 saturated carbocycles. The summed E-state index contributed by atoms with van der Waals surface area (Å²) in [6, 6.07) is 14.6. The molecule has 0 bridgehead atoms. The maximum Gasteiger partial charge on any atom is 0.388 e. The van der Waals surface area contributed by atoms with Gasteiger partial charge in [0.05, 0.1) is 18.8 Å². The van der Waals surface area contributed by atoms with Crippen LogP contribution in [-0.2, 0) is 15.1 Å². The number of carbonyl (C=O) groups excluding carboxylic acids is 1. The molecule has 1 amide bonds. The number of rotatable bonds is 7. The fraction of sp³-hybridized carbons (Fsp3) is 0.400. The van der Waals surface area contributed by atoms with Gasteiger partial charge in [0.25, 0.3) is 0 Å². The molecule has 5 nitrogen and oxygen atoms in total. The van der Waals surface area contributed by atoms with Crippen molar-refractivity contribution < 1.29 is 23.0 Å². The molecule has 7 heteroatoms. The van der Waals surface area contributed by atoms with E-state index in [4.69, 9.17) is 4.74 Å². The van der Waals surface area contributed by atoms with Gasteiger partial charge in [-0.2, -0.15) is 8.78 Å². The van der Waals surface area contributed by atoms with Crippen molar-refractivity contribution in [1.29, 1.82) is 0 Å². The molecular weight excluding hydrogens is 354 g/mol. The van der Waals surface area contributed by atoms with E-state index >= 15 is 0 Å². The van der Waals surface area contributed by atoms with E-state index in [-0.39, 0.29) is 30.2 Å². The van der Waals surface area contributed by atoms with Gasteiger partial charge in [0.1, 0.15) is 5.60 Å². The predicted molar refractivity (Wildman–Crippen MR) is 93.4 cm³/mol. The van der Waals surface area contributed by atoms with Crippen LogP contribution in [0.1, 0.15) is 30.0 Å². The van der Waals surface area contributed by atoms with Crippen molar-refractivity contribution in [3.05, 3.63) is 59.8 Å². The normalized spacial score (nSPS) is 26.3. The molecule has 0 radical (unpaired) electrons. The van der Waals surface area contributed by atoms with Gasteiger partial charge in [0, 0.05) is 18.4 Å². The minimum absolute atomic E-state index is 0.0151. The van der Waals surface area contributed by atoms with Crippen molar-refractivity contribution in [3.8, 4) is 5.88 Å². The summed E-state index contributed by atoms with van der Waals surface area (Å²) in [5.41, 5.74) is 0.877. The monoisotopic (exact) mass is 374 g/mol. The van der Waals surface area contributed by atoms with Gasteiger partial charge in [0.15, 0.2) is 0 Å². The number of hydrogen-bond donors (Lipinski definition) is 1. The molecule has 2 aliphatic rings. The first-order valence-corrected chi connectivity index (χ1v) is 8.96. The molecule has 2 heterocycles. The smallest absolute Gasteiger partial charge is 0.388 e. The Morgan fingerprint density at radius 1 is 1.26 bits per heavy atom. The van der Waals surface area contributed by atoms with E-state index in [1.54, 1.807) is 12.1 Å². The second-order valence-corrected chi connectivity index (χ2v) is 6.91.